The molecule has 0 aromatic rings. The minimum Gasteiger partial charge on any atom is -0.469 e. The molecular formula is C12H12F3N3O. The van der Waals surface area contributed by atoms with Crippen molar-refractivity contribution >= 4 is 5.90 Å². The Morgan fingerprint density at radius 1 is 1.58 bits per heavy atom. The number of halogens is 3. The molecule has 0 fully saturated rings. The van der Waals surface area contributed by atoms with Crippen LogP contribution in [0.1, 0.15) is 6.92 Å². The Labute approximate surface area is 108 Å². The zero-order valence-corrected chi connectivity index (χ0v) is 10.0. The number of nitrogens with two attached hydrogens (primary N) is 1. The largest absolute Gasteiger partial charge is 0.469 e. The fourth-order valence-electron chi connectivity index (χ4n) is 1.52. The van der Waals surface area contributed by atoms with E-state index >= 15 is 0 Å². The third-order valence-corrected chi connectivity index (χ3v) is 2.31. The highest BCUT2D eigenvalue weighted by atomic mass is 19.4. The molecule has 0 saturated heterocycles. The van der Waals surface area contributed by atoms with Gasteiger partial charge < -0.3 is 10.5 Å². The topological polar surface area (TPSA) is 82.9 Å². The van der Waals surface area contributed by atoms with Crippen molar-refractivity contribution in [3.63, 3.8) is 0 Å². The van der Waals surface area contributed by atoms with Crippen molar-refractivity contribution in [2.75, 3.05) is 0 Å². The first kappa shape index (κ1) is 14.8. The van der Waals surface area contributed by atoms with E-state index in [1.165, 1.54) is 13.0 Å². The molecular weight excluding hydrogens is 259 g/mol. The smallest absolute Gasteiger partial charge is 0.399 e. The lowest BCUT2D eigenvalue weighted by Crippen LogP contribution is -2.36. The van der Waals surface area contributed by atoms with Crippen LogP contribution in [0.5, 0.6) is 0 Å². The SMILES string of the molecule is C/C(N)=C/C(=N)OC1C=CC(C#N)=CC1C(F)(F)F. The number of hydrogen-bond acceptors (Lipinski definition) is 4. The van der Waals surface area contributed by atoms with E-state index in [1.54, 1.807) is 6.07 Å². The number of nitrogens with one attached hydrogen (secondary N) is 1. The Bertz CT molecular complexity index is 493. The molecule has 0 saturated carbocycles. The van der Waals surface area contributed by atoms with Crippen molar-refractivity contribution in [3.8, 4) is 6.07 Å². The molecule has 0 aromatic carbocycles. The van der Waals surface area contributed by atoms with Crippen molar-refractivity contribution in [2.24, 2.45) is 11.7 Å². The molecule has 102 valence electrons. The number of rotatable bonds is 2. The maximum atomic E-state index is 12.8. The van der Waals surface area contributed by atoms with E-state index in [1.807, 2.05) is 0 Å². The lowest BCUT2D eigenvalue weighted by atomic mass is 9.93. The molecule has 0 heterocycles. The second-order valence-corrected chi connectivity index (χ2v) is 4.00. The molecule has 0 bridgehead atoms. The first-order valence-corrected chi connectivity index (χ1v) is 5.30. The summed E-state index contributed by atoms with van der Waals surface area (Å²) in [7, 11) is 0. The van der Waals surface area contributed by atoms with Gasteiger partial charge in [-0.2, -0.15) is 18.4 Å². The van der Waals surface area contributed by atoms with Crippen LogP contribution in [0.4, 0.5) is 13.2 Å². The fourth-order valence-corrected chi connectivity index (χ4v) is 1.52. The predicted octanol–water partition coefficient (Wildman–Crippen LogP) is 2.41. The Balaban J connectivity index is 2.92. The van der Waals surface area contributed by atoms with Gasteiger partial charge >= 0.3 is 6.18 Å². The molecule has 0 spiro atoms. The van der Waals surface area contributed by atoms with Crippen LogP contribution in [-0.4, -0.2) is 18.2 Å². The van der Waals surface area contributed by atoms with Gasteiger partial charge in [0.2, 0.25) is 5.90 Å². The average molecular weight is 271 g/mol. The predicted molar refractivity (Wildman–Crippen MR) is 62.9 cm³/mol. The van der Waals surface area contributed by atoms with Gasteiger partial charge in [0.15, 0.2) is 0 Å². The van der Waals surface area contributed by atoms with Gasteiger partial charge in [0, 0.05) is 17.3 Å². The van der Waals surface area contributed by atoms with Crippen LogP contribution in [0.25, 0.3) is 0 Å². The Kier molecular flexibility index (Phi) is 4.38. The summed E-state index contributed by atoms with van der Waals surface area (Å²) in [6, 6.07) is 1.65. The average Bonchev–Trinajstić information content (AvgIpc) is 2.26. The highest BCUT2D eigenvalue weighted by molar-refractivity contribution is 5.85. The minimum atomic E-state index is -4.56. The van der Waals surface area contributed by atoms with Gasteiger partial charge in [0.05, 0.1) is 6.07 Å². The summed E-state index contributed by atoms with van der Waals surface area (Å²) in [5, 5.41) is 16.0. The van der Waals surface area contributed by atoms with Crippen LogP contribution in [0, 0.1) is 22.7 Å². The van der Waals surface area contributed by atoms with Crippen molar-refractivity contribution in [3.05, 3.63) is 35.6 Å². The van der Waals surface area contributed by atoms with Gasteiger partial charge in [0.25, 0.3) is 0 Å². The number of allylic oxidation sites excluding steroid dienone is 3. The molecule has 19 heavy (non-hydrogen) atoms. The van der Waals surface area contributed by atoms with E-state index < -0.39 is 24.1 Å². The van der Waals surface area contributed by atoms with Crippen LogP contribution >= 0.6 is 0 Å². The van der Waals surface area contributed by atoms with Gasteiger partial charge in [-0.15, -0.1) is 0 Å². The Morgan fingerprint density at radius 2 is 2.21 bits per heavy atom. The lowest BCUT2D eigenvalue weighted by molar-refractivity contribution is -0.177. The van der Waals surface area contributed by atoms with Gasteiger partial charge in [-0.1, -0.05) is 6.08 Å². The van der Waals surface area contributed by atoms with Gasteiger partial charge in [-0.25, -0.2) is 0 Å². The van der Waals surface area contributed by atoms with E-state index in [0.717, 1.165) is 18.2 Å². The van der Waals surface area contributed by atoms with E-state index in [2.05, 4.69) is 0 Å². The van der Waals surface area contributed by atoms with E-state index in [4.69, 9.17) is 21.1 Å². The number of ether oxygens (including phenoxy) is 1. The summed E-state index contributed by atoms with van der Waals surface area (Å²) in [6.07, 6.45) is -1.68. The number of alkyl halides is 3. The number of nitrogens with zero attached hydrogens (tertiary/aromatic N) is 1. The van der Waals surface area contributed by atoms with Crippen LogP contribution in [0.3, 0.4) is 0 Å². The van der Waals surface area contributed by atoms with Crippen LogP contribution < -0.4 is 5.73 Å². The zero-order valence-electron chi connectivity index (χ0n) is 10.0. The summed E-state index contributed by atoms with van der Waals surface area (Å²) in [4.78, 5) is 0. The van der Waals surface area contributed by atoms with Gasteiger partial charge in [0.1, 0.15) is 12.0 Å². The zero-order chi connectivity index (χ0) is 14.6. The van der Waals surface area contributed by atoms with Crippen molar-refractivity contribution < 1.29 is 17.9 Å². The third kappa shape index (κ3) is 4.17. The fraction of sp³-hybridized carbons (Fsp3) is 0.333. The minimum absolute atomic E-state index is 0.0840. The van der Waals surface area contributed by atoms with Crippen molar-refractivity contribution in [1.82, 2.24) is 0 Å². The molecule has 3 N–H and O–H groups in total. The van der Waals surface area contributed by atoms with Crippen molar-refractivity contribution in [2.45, 2.75) is 19.2 Å². The summed E-state index contributed by atoms with van der Waals surface area (Å²) >= 11 is 0. The molecule has 0 aromatic heterocycles. The second-order valence-electron chi connectivity index (χ2n) is 4.00. The maximum Gasteiger partial charge on any atom is 0.399 e. The van der Waals surface area contributed by atoms with Crippen LogP contribution in [0.2, 0.25) is 0 Å². The normalized spacial score (nSPS) is 23.5. The monoisotopic (exact) mass is 271 g/mol. The molecule has 4 nitrogen and oxygen atoms in total. The molecule has 0 amide bonds. The van der Waals surface area contributed by atoms with E-state index in [0.29, 0.717) is 0 Å². The molecule has 0 radical (unpaired) electrons. The maximum absolute atomic E-state index is 12.8. The summed E-state index contributed by atoms with van der Waals surface area (Å²) in [6.45, 7) is 1.49. The summed E-state index contributed by atoms with van der Waals surface area (Å²) in [5.41, 5.74) is 5.47. The molecule has 2 unspecified atom stereocenters. The van der Waals surface area contributed by atoms with Gasteiger partial charge in [-0.3, -0.25) is 5.41 Å². The summed E-state index contributed by atoms with van der Waals surface area (Å²) < 4.78 is 43.4. The van der Waals surface area contributed by atoms with Gasteiger partial charge in [-0.05, 0) is 19.1 Å². The van der Waals surface area contributed by atoms with Crippen LogP contribution in [0.15, 0.2) is 35.6 Å². The van der Waals surface area contributed by atoms with Crippen LogP contribution in [-0.2, 0) is 4.74 Å². The highest BCUT2D eigenvalue weighted by Gasteiger charge is 2.45. The molecule has 2 atom stereocenters. The Morgan fingerprint density at radius 3 is 2.68 bits per heavy atom. The first-order valence-electron chi connectivity index (χ1n) is 5.30. The van der Waals surface area contributed by atoms with Crippen molar-refractivity contribution in [1.29, 1.82) is 10.7 Å². The quantitative estimate of drug-likeness (QED) is 0.597. The van der Waals surface area contributed by atoms with E-state index in [-0.39, 0.29) is 11.3 Å². The second kappa shape index (κ2) is 5.61. The molecule has 1 aliphatic carbocycles. The molecule has 0 aliphatic heterocycles. The first-order chi connectivity index (χ1) is 8.74. The van der Waals surface area contributed by atoms with E-state index in [9.17, 15) is 13.2 Å². The molecule has 7 heteroatoms. The molecule has 1 aliphatic rings. The third-order valence-electron chi connectivity index (χ3n) is 2.31. The standard InChI is InChI=1S/C12H12F3N3O/c1-7(17)4-11(18)19-10-3-2-8(6-16)5-9(10)12(13,14)15/h2-5,9-10,18H,17H2,1H3/b7-4-,18-11?. The summed E-state index contributed by atoms with van der Waals surface area (Å²) in [5.74, 6) is -2.42. The molecule has 1 rings (SSSR count). The highest BCUT2D eigenvalue weighted by Crippen LogP contribution is 2.35. The Hall–Kier alpha value is -2.23. The number of nitriles is 1. The lowest BCUT2D eigenvalue weighted by Gasteiger charge is -2.27. The number of hydrogen-bond donors (Lipinski definition) is 2.